The van der Waals surface area contributed by atoms with Gasteiger partial charge in [-0.1, -0.05) is 0 Å². The molecule has 0 aliphatic carbocycles. The number of carbonyl (C=O) groups is 2. The van der Waals surface area contributed by atoms with Gasteiger partial charge < -0.3 is 20.7 Å². The van der Waals surface area contributed by atoms with Crippen molar-refractivity contribution in [3.8, 4) is 0 Å². The minimum Gasteiger partial charge on any atom is -0.379 e. The fourth-order valence-corrected chi connectivity index (χ4v) is 4.60. The molecule has 0 unspecified atom stereocenters. The molecule has 0 saturated carbocycles. The molecule has 0 radical (unpaired) electrons. The molecule has 3 fully saturated rings. The molecule has 118 valence electrons. The van der Waals surface area contributed by atoms with Crippen LogP contribution in [-0.2, 0) is 9.53 Å². The number of urea groups is 1. The van der Waals surface area contributed by atoms with Crippen LogP contribution in [0.25, 0.3) is 0 Å². The van der Waals surface area contributed by atoms with Crippen LogP contribution in [0.4, 0.5) is 4.79 Å². The molecule has 0 bridgehead atoms. The van der Waals surface area contributed by atoms with Crippen LogP contribution < -0.4 is 16.0 Å². The topological polar surface area (TPSA) is 82.7 Å². The highest BCUT2D eigenvalue weighted by molar-refractivity contribution is 7.99. The van der Waals surface area contributed by atoms with Crippen LogP contribution in [0.5, 0.6) is 0 Å². The quantitative estimate of drug-likeness (QED) is 0.619. The maximum absolute atomic E-state index is 12.2. The highest BCUT2D eigenvalue weighted by Gasteiger charge is 2.41. The van der Waals surface area contributed by atoms with E-state index >= 15 is 0 Å². The monoisotopic (exact) mass is 314 g/mol. The third-order valence-electron chi connectivity index (χ3n) is 4.44. The molecule has 3 aliphatic rings. The molecule has 3 saturated heterocycles. The summed E-state index contributed by atoms with van der Waals surface area (Å²) in [5.41, 5.74) is 0.0418. The van der Waals surface area contributed by atoms with Gasteiger partial charge in [-0.15, -0.1) is 0 Å². The Morgan fingerprint density at radius 1 is 1.48 bits per heavy atom. The second-order valence-corrected chi connectivity index (χ2v) is 6.86. The summed E-state index contributed by atoms with van der Waals surface area (Å²) in [5, 5.41) is 8.27. The molecule has 8 heteroatoms. The second-order valence-electron chi connectivity index (χ2n) is 5.75. The summed E-state index contributed by atoms with van der Waals surface area (Å²) in [6, 6.07) is -0.720. The van der Waals surface area contributed by atoms with Gasteiger partial charge in [0.05, 0.1) is 13.2 Å². The Balaban J connectivity index is 1.57. The van der Waals surface area contributed by atoms with E-state index in [1.165, 1.54) is 0 Å². The summed E-state index contributed by atoms with van der Waals surface area (Å²) in [5.74, 6) is 2.08. The van der Waals surface area contributed by atoms with E-state index in [-0.39, 0.29) is 17.5 Å². The first-order valence-corrected chi connectivity index (χ1v) is 8.58. The Kier molecular flexibility index (Phi) is 4.56. The fourth-order valence-electron chi connectivity index (χ4n) is 3.12. The van der Waals surface area contributed by atoms with Crippen LogP contribution >= 0.6 is 11.8 Å². The van der Waals surface area contributed by atoms with Gasteiger partial charge >= 0.3 is 6.03 Å². The standard InChI is InChI=1S/C13H22N4O3S/c18-11(10-7-14-12(19)16-10)15-8-13(1-6-21-9-13)17-2-4-20-5-3-17/h10H,1-9H2,(H,15,18)(H2,14,16,19)/t10-,13-/m0/s1. The van der Waals surface area contributed by atoms with Gasteiger partial charge in [-0.3, -0.25) is 9.69 Å². The first kappa shape index (κ1) is 14.9. The van der Waals surface area contributed by atoms with Gasteiger partial charge in [0.2, 0.25) is 5.91 Å². The van der Waals surface area contributed by atoms with Crippen molar-refractivity contribution in [2.45, 2.75) is 18.0 Å². The Bertz CT molecular complexity index is 408. The second kappa shape index (κ2) is 6.41. The summed E-state index contributed by atoms with van der Waals surface area (Å²) in [7, 11) is 0. The predicted molar refractivity (Wildman–Crippen MR) is 80.4 cm³/mol. The number of rotatable bonds is 4. The van der Waals surface area contributed by atoms with Crippen molar-refractivity contribution in [2.75, 3.05) is 50.9 Å². The molecule has 0 aromatic carbocycles. The maximum atomic E-state index is 12.2. The van der Waals surface area contributed by atoms with Crippen molar-refractivity contribution in [2.24, 2.45) is 0 Å². The highest BCUT2D eigenvalue weighted by atomic mass is 32.2. The van der Waals surface area contributed by atoms with Gasteiger partial charge in [0.1, 0.15) is 6.04 Å². The number of carbonyl (C=O) groups excluding carboxylic acids is 2. The number of amides is 3. The number of hydrogen-bond acceptors (Lipinski definition) is 5. The van der Waals surface area contributed by atoms with E-state index in [4.69, 9.17) is 4.74 Å². The smallest absolute Gasteiger partial charge is 0.315 e. The van der Waals surface area contributed by atoms with Gasteiger partial charge in [0, 0.05) is 37.5 Å². The molecule has 7 nitrogen and oxygen atoms in total. The Morgan fingerprint density at radius 2 is 2.29 bits per heavy atom. The number of morpholine rings is 1. The molecule has 2 atom stereocenters. The molecule has 3 N–H and O–H groups in total. The minimum absolute atomic E-state index is 0.0418. The zero-order chi connectivity index (χ0) is 14.7. The zero-order valence-corrected chi connectivity index (χ0v) is 12.8. The first-order chi connectivity index (χ1) is 10.2. The molecule has 3 heterocycles. The van der Waals surface area contributed by atoms with Crippen LogP contribution in [-0.4, -0.2) is 79.3 Å². The first-order valence-electron chi connectivity index (χ1n) is 7.42. The van der Waals surface area contributed by atoms with Crippen molar-refractivity contribution in [3.05, 3.63) is 0 Å². The van der Waals surface area contributed by atoms with Gasteiger partial charge in [0.15, 0.2) is 0 Å². The van der Waals surface area contributed by atoms with E-state index in [0.717, 1.165) is 44.2 Å². The molecule has 0 spiro atoms. The van der Waals surface area contributed by atoms with Crippen molar-refractivity contribution in [1.29, 1.82) is 0 Å². The van der Waals surface area contributed by atoms with Crippen molar-refractivity contribution in [1.82, 2.24) is 20.9 Å². The van der Waals surface area contributed by atoms with E-state index in [9.17, 15) is 9.59 Å². The average Bonchev–Trinajstić information content (AvgIpc) is 3.16. The van der Waals surface area contributed by atoms with Crippen molar-refractivity contribution < 1.29 is 14.3 Å². The number of thioether (sulfide) groups is 1. The number of nitrogens with one attached hydrogen (secondary N) is 3. The van der Waals surface area contributed by atoms with Gasteiger partial charge in [-0.25, -0.2) is 4.79 Å². The minimum atomic E-state index is -0.451. The lowest BCUT2D eigenvalue weighted by molar-refractivity contribution is -0.123. The largest absolute Gasteiger partial charge is 0.379 e. The van der Waals surface area contributed by atoms with Gasteiger partial charge in [0.25, 0.3) is 0 Å². The highest BCUT2D eigenvalue weighted by Crippen LogP contribution is 2.33. The van der Waals surface area contributed by atoms with Crippen LogP contribution in [0.2, 0.25) is 0 Å². The number of ether oxygens (including phenoxy) is 1. The molecular formula is C13H22N4O3S. The van der Waals surface area contributed by atoms with Crippen LogP contribution in [0.15, 0.2) is 0 Å². The Labute approximate surface area is 128 Å². The zero-order valence-electron chi connectivity index (χ0n) is 12.0. The predicted octanol–water partition coefficient (Wildman–Crippen LogP) is -1.01. The van der Waals surface area contributed by atoms with E-state index in [0.29, 0.717) is 13.1 Å². The van der Waals surface area contributed by atoms with Gasteiger partial charge in [-0.2, -0.15) is 11.8 Å². The van der Waals surface area contributed by atoms with Crippen LogP contribution in [0, 0.1) is 0 Å². The lowest BCUT2D eigenvalue weighted by atomic mass is 9.95. The Hall–Kier alpha value is -0.990. The fraction of sp³-hybridized carbons (Fsp3) is 0.846. The third kappa shape index (κ3) is 3.27. The number of nitrogens with zero attached hydrogens (tertiary/aromatic N) is 1. The summed E-state index contributed by atoms with van der Waals surface area (Å²) >= 11 is 1.94. The summed E-state index contributed by atoms with van der Waals surface area (Å²) in [6.45, 7) is 4.40. The summed E-state index contributed by atoms with van der Waals surface area (Å²) < 4.78 is 5.43. The molecule has 0 aromatic rings. The molecule has 21 heavy (non-hydrogen) atoms. The lowest BCUT2D eigenvalue weighted by Crippen LogP contribution is -2.60. The third-order valence-corrected chi connectivity index (χ3v) is 5.68. The van der Waals surface area contributed by atoms with Crippen molar-refractivity contribution in [3.63, 3.8) is 0 Å². The average molecular weight is 314 g/mol. The van der Waals surface area contributed by atoms with Crippen molar-refractivity contribution >= 4 is 23.7 Å². The normalized spacial score (nSPS) is 33.5. The Morgan fingerprint density at radius 3 is 2.90 bits per heavy atom. The maximum Gasteiger partial charge on any atom is 0.315 e. The van der Waals surface area contributed by atoms with Crippen LogP contribution in [0.1, 0.15) is 6.42 Å². The van der Waals surface area contributed by atoms with E-state index in [1.54, 1.807) is 0 Å². The van der Waals surface area contributed by atoms with E-state index < -0.39 is 6.04 Å². The van der Waals surface area contributed by atoms with Gasteiger partial charge in [-0.05, 0) is 12.2 Å². The molecule has 3 aliphatic heterocycles. The molecule has 3 rings (SSSR count). The molecular weight excluding hydrogens is 292 g/mol. The summed E-state index contributed by atoms with van der Waals surface area (Å²) in [4.78, 5) is 25.7. The molecule has 0 aromatic heterocycles. The lowest BCUT2D eigenvalue weighted by Gasteiger charge is -2.43. The van der Waals surface area contributed by atoms with E-state index in [2.05, 4.69) is 20.9 Å². The number of hydrogen-bond donors (Lipinski definition) is 3. The van der Waals surface area contributed by atoms with E-state index in [1.807, 2.05) is 11.8 Å². The van der Waals surface area contributed by atoms with Crippen LogP contribution in [0.3, 0.4) is 0 Å². The SMILES string of the molecule is O=C1NC[C@@H](C(=O)NC[C@@]2(N3CCOCC3)CCSC2)N1. The molecule has 3 amide bonds. The summed E-state index contributed by atoms with van der Waals surface area (Å²) in [6.07, 6.45) is 1.09.